The summed E-state index contributed by atoms with van der Waals surface area (Å²) in [6.45, 7) is 1.89. The van der Waals surface area contributed by atoms with Crippen molar-refractivity contribution < 1.29 is 43.1 Å². The number of nitrogens with zero attached hydrogens (tertiary/aromatic N) is 2. The minimum Gasteiger partial charge on any atom is -0.337 e. The molecule has 12 nitrogen and oxygen atoms in total. The van der Waals surface area contributed by atoms with Crippen molar-refractivity contribution in [2.75, 3.05) is 6.54 Å². The molecule has 3 amide bonds. The number of nitrogens with two attached hydrogens (primary N) is 1. The molecule has 3 aromatic carbocycles. The first-order valence-electron chi connectivity index (χ1n) is 13.9. The Kier molecular flexibility index (Phi) is 10.4. The summed E-state index contributed by atoms with van der Waals surface area (Å²) in [5.74, 6) is -1.91. The first-order valence-corrected chi connectivity index (χ1v) is 17.2. The molecule has 1 aliphatic heterocycles. The number of carbonyl (C=O) groups excluding carboxylic acids is 3. The van der Waals surface area contributed by atoms with Gasteiger partial charge in [-0.3, -0.25) is 28.4 Å². The zero-order valence-electron chi connectivity index (χ0n) is 24.0. The van der Waals surface area contributed by atoms with E-state index in [1.807, 2.05) is 54.6 Å². The Bertz CT molecular complexity index is 1620. The fourth-order valence-corrected chi connectivity index (χ4v) is 7.48. The highest BCUT2D eigenvalue weighted by molar-refractivity contribution is 7.67. The zero-order valence-corrected chi connectivity index (χ0v) is 25.8. The normalized spacial score (nSPS) is 16.7. The lowest BCUT2D eigenvalue weighted by Crippen LogP contribution is -2.56. The second kappa shape index (κ2) is 13.7. The number of amides is 3. The lowest BCUT2D eigenvalue weighted by Gasteiger charge is -2.32. The molecule has 0 radical (unpaired) electrons. The Hall–Kier alpha value is -3.47. The van der Waals surface area contributed by atoms with Crippen LogP contribution in [0.2, 0.25) is 0 Å². The highest BCUT2D eigenvalue weighted by Gasteiger charge is 2.39. The van der Waals surface area contributed by atoms with Crippen LogP contribution in [0.5, 0.6) is 0 Å². The Morgan fingerprint density at radius 3 is 2.07 bits per heavy atom. The van der Waals surface area contributed by atoms with Gasteiger partial charge in [0.05, 0.1) is 16.7 Å². The first-order chi connectivity index (χ1) is 20.7. The largest absolute Gasteiger partial charge is 0.357 e. The summed E-state index contributed by atoms with van der Waals surface area (Å²) in [7, 11) is -10.1. The number of rotatable bonds is 9. The van der Waals surface area contributed by atoms with E-state index in [9.17, 15) is 43.1 Å². The number of carbonyl (C=O) groups is 3. The second-order valence-electron chi connectivity index (χ2n) is 10.8. The van der Waals surface area contributed by atoms with E-state index in [0.717, 1.165) is 40.6 Å². The van der Waals surface area contributed by atoms with Gasteiger partial charge in [0.2, 0.25) is 17.7 Å². The fraction of sp³-hybridized carbons (Fsp3) is 0.300. The number of hydrogen-bond acceptors (Lipinski definition) is 6. The molecule has 4 rings (SSSR count). The fourth-order valence-electron chi connectivity index (χ4n) is 5.36. The lowest BCUT2D eigenvalue weighted by molar-refractivity contribution is -0.154. The minimum absolute atomic E-state index is 0.109. The summed E-state index contributed by atoms with van der Waals surface area (Å²) < 4.78 is 23.7. The summed E-state index contributed by atoms with van der Waals surface area (Å²) in [6.07, 6.45) is 1.20. The average molecular weight is 644 g/mol. The van der Waals surface area contributed by atoms with Crippen molar-refractivity contribution in [3.63, 3.8) is 0 Å². The van der Waals surface area contributed by atoms with E-state index in [0.29, 0.717) is 19.4 Å². The van der Waals surface area contributed by atoms with Crippen LogP contribution in [0.25, 0.3) is 11.1 Å². The summed E-state index contributed by atoms with van der Waals surface area (Å²) in [5.41, 5.74) is 9.25. The molecule has 1 unspecified atom stereocenters. The van der Waals surface area contributed by atoms with Crippen molar-refractivity contribution in [1.29, 1.82) is 0 Å². The molecule has 3 aromatic rings. The number of benzene rings is 3. The molecule has 6 N–H and O–H groups in total. The van der Waals surface area contributed by atoms with Gasteiger partial charge in [-0.2, -0.15) is 0 Å². The van der Waals surface area contributed by atoms with Gasteiger partial charge in [-0.05, 0) is 60.1 Å². The van der Waals surface area contributed by atoms with Crippen molar-refractivity contribution in [3.8, 4) is 11.1 Å². The van der Waals surface area contributed by atoms with Crippen molar-refractivity contribution in [2.24, 2.45) is 5.73 Å². The molecule has 0 aromatic heterocycles. The minimum atomic E-state index is -5.10. The van der Waals surface area contributed by atoms with Crippen molar-refractivity contribution in [2.45, 2.75) is 51.2 Å². The van der Waals surface area contributed by atoms with Crippen LogP contribution in [0.4, 0.5) is 0 Å². The van der Waals surface area contributed by atoms with Gasteiger partial charge in [0.15, 0.2) is 0 Å². The SMILES string of the molecule is CC(=O)N(C(=O)[C@@H](N)Cc1ccc(P(=O)(O)O)c(P(=O)(O)O)c1)C1CCCCN(Cc2ccc(-c3ccccc3)cc2)C1=O. The number of hydrogen-bond donors (Lipinski definition) is 5. The molecule has 0 saturated carbocycles. The zero-order chi connectivity index (χ0) is 32.2. The molecule has 1 aliphatic rings. The smallest absolute Gasteiger partial charge is 0.337 e. The maximum absolute atomic E-state index is 13.7. The molecular formula is C30H35N3O9P2. The van der Waals surface area contributed by atoms with Crippen LogP contribution in [0.1, 0.15) is 37.3 Å². The van der Waals surface area contributed by atoms with Crippen LogP contribution < -0.4 is 16.3 Å². The van der Waals surface area contributed by atoms with Crippen LogP contribution in [0.3, 0.4) is 0 Å². The first kappa shape index (κ1) is 33.4. The van der Waals surface area contributed by atoms with Crippen LogP contribution in [0.15, 0.2) is 72.8 Å². The summed E-state index contributed by atoms with van der Waals surface area (Å²) >= 11 is 0. The van der Waals surface area contributed by atoms with Gasteiger partial charge in [0.1, 0.15) is 6.04 Å². The quantitative estimate of drug-likeness (QED) is 0.214. The molecule has 44 heavy (non-hydrogen) atoms. The van der Waals surface area contributed by atoms with Gasteiger partial charge in [0, 0.05) is 20.0 Å². The summed E-state index contributed by atoms with van der Waals surface area (Å²) in [5, 5.41) is -1.71. The Balaban J connectivity index is 1.52. The maximum atomic E-state index is 13.7. The molecule has 14 heteroatoms. The monoisotopic (exact) mass is 643 g/mol. The van der Waals surface area contributed by atoms with Crippen LogP contribution in [0, 0.1) is 0 Å². The molecule has 0 bridgehead atoms. The highest BCUT2D eigenvalue weighted by Crippen LogP contribution is 2.40. The molecular weight excluding hydrogens is 608 g/mol. The van der Waals surface area contributed by atoms with Crippen LogP contribution in [-0.4, -0.2) is 65.7 Å². The number of imide groups is 1. The van der Waals surface area contributed by atoms with Crippen molar-refractivity contribution >= 4 is 43.5 Å². The third kappa shape index (κ3) is 7.97. The van der Waals surface area contributed by atoms with Gasteiger partial charge >= 0.3 is 15.2 Å². The third-order valence-corrected chi connectivity index (χ3v) is 9.71. The molecule has 1 saturated heterocycles. The van der Waals surface area contributed by atoms with E-state index < -0.39 is 49.7 Å². The van der Waals surface area contributed by atoms with E-state index in [1.54, 1.807) is 4.90 Å². The van der Waals surface area contributed by atoms with E-state index in [1.165, 1.54) is 6.07 Å². The Morgan fingerprint density at radius 1 is 0.886 bits per heavy atom. The van der Waals surface area contributed by atoms with Gasteiger partial charge in [-0.1, -0.05) is 60.7 Å². The summed E-state index contributed by atoms with van der Waals surface area (Å²) in [6, 6.07) is 18.2. The van der Waals surface area contributed by atoms with E-state index in [4.69, 9.17) is 5.73 Å². The molecule has 0 aliphatic carbocycles. The maximum Gasteiger partial charge on any atom is 0.357 e. The van der Waals surface area contributed by atoms with Gasteiger partial charge < -0.3 is 30.2 Å². The molecule has 1 fully saturated rings. The van der Waals surface area contributed by atoms with Crippen molar-refractivity contribution in [1.82, 2.24) is 9.80 Å². The number of likely N-dealkylation sites (tertiary alicyclic amines) is 1. The van der Waals surface area contributed by atoms with E-state index in [-0.39, 0.29) is 30.9 Å². The molecule has 234 valence electrons. The third-order valence-electron chi connectivity index (χ3n) is 7.52. The Labute approximate surface area is 254 Å². The Morgan fingerprint density at radius 2 is 1.48 bits per heavy atom. The standard InChI is InChI=1S/C30H35N3O9P2/c1-20(34)33(29(35)25(31)17-22-12-15-27(43(37,38)39)28(18-22)44(40,41)42)26-9-5-6-16-32(30(26)36)19-21-10-13-24(14-11-21)23-7-3-2-4-8-23/h2-4,7-8,10-15,18,25-26H,5-6,9,16-17,19,31H2,1H3,(H2,37,38,39)(H2,40,41,42)/t25-,26?/m0/s1. The molecule has 2 atom stereocenters. The molecule has 1 heterocycles. The van der Waals surface area contributed by atoms with Crippen LogP contribution >= 0.6 is 15.2 Å². The topological polar surface area (TPSA) is 199 Å². The predicted molar refractivity (Wildman–Crippen MR) is 164 cm³/mol. The lowest BCUT2D eigenvalue weighted by atomic mass is 10.0. The van der Waals surface area contributed by atoms with Gasteiger partial charge in [0.25, 0.3) is 0 Å². The predicted octanol–water partition coefficient (Wildman–Crippen LogP) is 1.79. The van der Waals surface area contributed by atoms with Crippen LogP contribution in [-0.2, 0) is 36.5 Å². The molecule has 0 spiro atoms. The van der Waals surface area contributed by atoms with Gasteiger partial charge in [-0.25, -0.2) is 0 Å². The van der Waals surface area contributed by atoms with Gasteiger partial charge in [-0.15, -0.1) is 0 Å². The van der Waals surface area contributed by atoms with E-state index in [2.05, 4.69) is 0 Å². The van der Waals surface area contributed by atoms with Crippen molar-refractivity contribution in [3.05, 3.63) is 83.9 Å². The summed E-state index contributed by atoms with van der Waals surface area (Å²) in [4.78, 5) is 80.8. The second-order valence-corrected chi connectivity index (χ2v) is 13.9. The average Bonchev–Trinajstić information content (AvgIpc) is 3.13. The van der Waals surface area contributed by atoms with E-state index >= 15 is 0 Å². The highest BCUT2D eigenvalue weighted by atomic mass is 31.2.